The van der Waals surface area contributed by atoms with E-state index in [1.165, 1.54) is 32.1 Å². The third kappa shape index (κ3) is 9.88. The minimum absolute atomic E-state index is 0.270. The van der Waals surface area contributed by atoms with Crippen molar-refractivity contribution in [3.8, 4) is 0 Å². The highest BCUT2D eigenvalue weighted by Crippen LogP contribution is 2.06. The van der Waals surface area contributed by atoms with E-state index in [1.807, 2.05) is 0 Å². The van der Waals surface area contributed by atoms with Crippen LogP contribution in [0.5, 0.6) is 0 Å². The number of unbranched alkanes of at least 4 members (excludes halogenated alkanes) is 6. The van der Waals surface area contributed by atoms with Gasteiger partial charge in [-0.05, 0) is 6.42 Å². The van der Waals surface area contributed by atoms with Crippen LogP contribution in [0.15, 0.2) is 0 Å². The highest BCUT2D eigenvalue weighted by Gasteiger charge is 1.93. The maximum absolute atomic E-state index is 8.38. The van der Waals surface area contributed by atoms with Crippen LogP contribution in [0.2, 0.25) is 0 Å². The summed E-state index contributed by atoms with van der Waals surface area (Å²) in [6, 6.07) is 0. The molecule has 0 aliphatic rings. The van der Waals surface area contributed by atoms with Gasteiger partial charge in [0.25, 0.3) is 0 Å². The second kappa shape index (κ2) is 8.97. The number of rotatable bonds is 8. The molecule has 3 nitrogen and oxygen atoms in total. The Balaban J connectivity index is 2.82. The van der Waals surface area contributed by atoms with Crippen molar-refractivity contribution >= 4 is 0 Å². The van der Waals surface area contributed by atoms with Gasteiger partial charge in [-0.2, -0.15) is 0 Å². The average Bonchev–Trinajstić information content (AvgIpc) is 2.02. The van der Waals surface area contributed by atoms with Gasteiger partial charge in [0, 0.05) is 0 Å². The van der Waals surface area contributed by atoms with Gasteiger partial charge in [-0.15, -0.1) is 0 Å². The molecule has 74 valence electrons. The van der Waals surface area contributed by atoms with Gasteiger partial charge >= 0.3 is 0 Å². The fourth-order valence-electron chi connectivity index (χ4n) is 1.21. The van der Waals surface area contributed by atoms with Crippen molar-refractivity contribution in [2.24, 2.45) is 0 Å². The largest absolute Gasteiger partial charge is 0.290 e. The van der Waals surface area contributed by atoms with Crippen LogP contribution in [0.3, 0.4) is 0 Å². The molecule has 0 aliphatic carbocycles. The summed E-state index contributed by atoms with van der Waals surface area (Å²) in [5.74, 6) is 0. The summed E-state index contributed by atoms with van der Waals surface area (Å²) in [6.07, 6.45) is 8.39. The molecule has 2 N–H and O–H groups in total. The van der Waals surface area contributed by atoms with Crippen molar-refractivity contribution < 1.29 is 10.4 Å². The summed E-state index contributed by atoms with van der Waals surface area (Å²) in [7, 11) is 0. The Hall–Kier alpha value is -0.120. The van der Waals surface area contributed by atoms with Crippen molar-refractivity contribution in [3.05, 3.63) is 0 Å². The molecule has 0 saturated carbocycles. The SMILES string of the molecule is CCCCCCCCCN(O)O. The first-order valence-electron chi connectivity index (χ1n) is 4.92. The molecule has 0 aromatic rings. The Kier molecular flexibility index (Phi) is 8.88. The summed E-state index contributed by atoms with van der Waals surface area (Å²) in [5.41, 5.74) is 0. The van der Waals surface area contributed by atoms with Crippen molar-refractivity contribution in [3.63, 3.8) is 0 Å². The quantitative estimate of drug-likeness (QED) is 0.440. The Labute approximate surface area is 74.9 Å². The van der Waals surface area contributed by atoms with Crippen LogP contribution < -0.4 is 0 Å². The van der Waals surface area contributed by atoms with E-state index in [9.17, 15) is 0 Å². The fourth-order valence-corrected chi connectivity index (χ4v) is 1.21. The van der Waals surface area contributed by atoms with Crippen molar-refractivity contribution in [1.29, 1.82) is 0 Å². The first kappa shape index (κ1) is 11.9. The van der Waals surface area contributed by atoms with Crippen LogP contribution >= 0.6 is 0 Å². The molecule has 0 rings (SSSR count). The van der Waals surface area contributed by atoms with E-state index in [-0.39, 0.29) is 5.23 Å². The lowest BCUT2D eigenvalue weighted by atomic mass is 10.1. The molecule has 12 heavy (non-hydrogen) atoms. The van der Waals surface area contributed by atoms with Gasteiger partial charge in [-0.25, -0.2) is 0 Å². The molecule has 0 spiro atoms. The van der Waals surface area contributed by atoms with Crippen LogP contribution in [0.1, 0.15) is 51.9 Å². The molecule has 0 aromatic heterocycles. The summed E-state index contributed by atoms with van der Waals surface area (Å²) >= 11 is 0. The molecule has 0 aliphatic heterocycles. The maximum atomic E-state index is 8.38. The molecule has 0 atom stereocenters. The fraction of sp³-hybridized carbons (Fsp3) is 1.00. The molecule has 0 fully saturated rings. The molecule has 0 bridgehead atoms. The van der Waals surface area contributed by atoms with Gasteiger partial charge in [0.1, 0.15) is 0 Å². The van der Waals surface area contributed by atoms with E-state index in [4.69, 9.17) is 10.4 Å². The summed E-state index contributed by atoms with van der Waals surface area (Å²) in [6.45, 7) is 2.57. The van der Waals surface area contributed by atoms with Crippen LogP contribution in [0, 0.1) is 0 Å². The summed E-state index contributed by atoms with van der Waals surface area (Å²) in [4.78, 5) is 0. The van der Waals surface area contributed by atoms with Gasteiger partial charge in [0.15, 0.2) is 0 Å². The van der Waals surface area contributed by atoms with Gasteiger partial charge in [0.2, 0.25) is 0 Å². The van der Waals surface area contributed by atoms with Gasteiger partial charge in [0.05, 0.1) is 6.54 Å². The zero-order valence-electron chi connectivity index (χ0n) is 8.00. The number of hydroxylamine groups is 2. The van der Waals surface area contributed by atoms with Crippen LogP contribution in [0.4, 0.5) is 0 Å². The van der Waals surface area contributed by atoms with E-state index in [1.54, 1.807) is 0 Å². The van der Waals surface area contributed by atoms with Gasteiger partial charge < -0.3 is 0 Å². The second-order valence-electron chi connectivity index (χ2n) is 3.22. The lowest BCUT2D eigenvalue weighted by molar-refractivity contribution is -0.306. The molecule has 0 aromatic carbocycles. The molecule has 0 amide bonds. The standard InChI is InChI=1S/C9H21NO2/c1-2-3-4-5-6-7-8-9-10(11)12/h11-12H,2-9H2,1H3. The zero-order chi connectivity index (χ0) is 9.23. The predicted octanol–water partition coefficient (Wildman–Crippen LogP) is 2.82. The molecule has 0 saturated heterocycles. The minimum atomic E-state index is 0.270. The van der Waals surface area contributed by atoms with Crippen molar-refractivity contribution in [2.45, 2.75) is 51.9 Å². The number of hydrogen-bond donors (Lipinski definition) is 2. The Morgan fingerprint density at radius 2 is 1.33 bits per heavy atom. The third-order valence-electron chi connectivity index (χ3n) is 1.96. The Morgan fingerprint density at radius 3 is 1.83 bits per heavy atom. The normalized spacial score (nSPS) is 11.0. The first-order chi connectivity index (χ1) is 5.77. The topological polar surface area (TPSA) is 43.7 Å². The van der Waals surface area contributed by atoms with E-state index < -0.39 is 0 Å². The van der Waals surface area contributed by atoms with E-state index >= 15 is 0 Å². The van der Waals surface area contributed by atoms with E-state index in [0.717, 1.165) is 12.8 Å². The van der Waals surface area contributed by atoms with Crippen molar-refractivity contribution in [1.82, 2.24) is 5.23 Å². The molecule has 3 heteroatoms. The van der Waals surface area contributed by atoms with Gasteiger partial charge in [-0.3, -0.25) is 10.4 Å². The van der Waals surface area contributed by atoms with Crippen LogP contribution in [-0.4, -0.2) is 22.2 Å². The molecule has 0 unspecified atom stereocenters. The average molecular weight is 175 g/mol. The Morgan fingerprint density at radius 1 is 0.833 bits per heavy atom. The summed E-state index contributed by atoms with van der Waals surface area (Å²) < 4.78 is 0. The Bertz CT molecular complexity index is 86.6. The predicted molar refractivity (Wildman–Crippen MR) is 48.3 cm³/mol. The highest BCUT2D eigenvalue weighted by atomic mass is 16.8. The van der Waals surface area contributed by atoms with E-state index in [2.05, 4.69) is 6.92 Å². The molecule has 0 heterocycles. The molecular weight excluding hydrogens is 154 g/mol. The summed E-state index contributed by atoms with van der Waals surface area (Å²) in [5, 5.41) is 17.0. The maximum Gasteiger partial charge on any atom is 0.0512 e. The van der Waals surface area contributed by atoms with Crippen molar-refractivity contribution in [2.75, 3.05) is 6.54 Å². The number of nitrogens with zero attached hydrogens (tertiary/aromatic N) is 1. The first-order valence-corrected chi connectivity index (χ1v) is 4.92. The van der Waals surface area contributed by atoms with Crippen LogP contribution in [-0.2, 0) is 0 Å². The number of hydrogen-bond acceptors (Lipinski definition) is 3. The minimum Gasteiger partial charge on any atom is -0.290 e. The lowest BCUT2D eigenvalue weighted by Gasteiger charge is -2.04. The monoisotopic (exact) mass is 175 g/mol. The van der Waals surface area contributed by atoms with Gasteiger partial charge in [-0.1, -0.05) is 50.7 Å². The second-order valence-corrected chi connectivity index (χ2v) is 3.22. The highest BCUT2D eigenvalue weighted by molar-refractivity contribution is 4.44. The smallest absolute Gasteiger partial charge is 0.0512 e. The lowest BCUT2D eigenvalue weighted by Crippen LogP contribution is -2.14. The zero-order valence-corrected chi connectivity index (χ0v) is 8.00. The van der Waals surface area contributed by atoms with E-state index in [0.29, 0.717) is 6.54 Å². The van der Waals surface area contributed by atoms with Crippen LogP contribution in [0.25, 0.3) is 0 Å². The molecular formula is C9H21NO2. The third-order valence-corrected chi connectivity index (χ3v) is 1.96. The molecule has 0 radical (unpaired) electrons.